The van der Waals surface area contributed by atoms with E-state index in [9.17, 15) is 101 Å². The van der Waals surface area contributed by atoms with E-state index in [2.05, 4.69) is 31.9 Å². The van der Waals surface area contributed by atoms with Gasteiger partial charge in [0.05, 0.1) is 161 Å². The van der Waals surface area contributed by atoms with Crippen LogP contribution in [0.1, 0.15) is 153 Å². The summed E-state index contributed by atoms with van der Waals surface area (Å²) in [5.41, 5.74) is 1.43. The van der Waals surface area contributed by atoms with Gasteiger partial charge in [-0.25, -0.2) is 19.4 Å². The van der Waals surface area contributed by atoms with Gasteiger partial charge in [-0.15, -0.1) is 0 Å². The Bertz CT molecular complexity index is 5370. The Kier molecular flexibility index (Phi) is 50.3. The Hall–Kier alpha value is -13.7. The number of aryl methyl sites for hydroxylation is 1. The van der Waals surface area contributed by atoms with Crippen molar-refractivity contribution in [3.05, 3.63) is 98.8 Å². The summed E-state index contributed by atoms with van der Waals surface area (Å²) in [4.78, 5) is 280. The monoisotopic (exact) mass is 2090 g/mol. The number of carboxylic acids is 1. The Labute approximate surface area is 866 Å². The summed E-state index contributed by atoms with van der Waals surface area (Å²) in [6, 6.07) is 13.0. The molecule has 48 heteroatoms. The smallest absolute Gasteiger partial charge is 0.407 e. The second-order valence-electron chi connectivity index (χ2n) is 37.8. The van der Waals surface area contributed by atoms with Gasteiger partial charge < -0.3 is 133 Å². The van der Waals surface area contributed by atoms with Gasteiger partial charge in [0.15, 0.2) is 0 Å². The number of likely N-dealkylation sites (tertiary alicyclic amines) is 1. The first kappa shape index (κ1) is 122. The van der Waals surface area contributed by atoms with Crippen LogP contribution >= 0.6 is 0 Å². The molecule has 0 unspecified atom stereocenters. The summed E-state index contributed by atoms with van der Waals surface area (Å²) in [6.45, 7) is 10.1. The number of nitrogens with zero attached hydrogens (tertiary/aromatic N) is 11. The number of benzene rings is 2. The molecule has 1 saturated heterocycles. The number of esters is 3. The number of hydrogen-bond donors (Lipinski definition) is 7. The van der Waals surface area contributed by atoms with Crippen molar-refractivity contribution in [2.24, 2.45) is 5.92 Å². The zero-order valence-electron chi connectivity index (χ0n) is 88.1. The average molecular weight is 2100 g/mol. The highest BCUT2D eigenvalue weighted by molar-refractivity contribution is 5.98. The van der Waals surface area contributed by atoms with Crippen molar-refractivity contribution in [1.82, 2.24) is 85.6 Å². The minimum Gasteiger partial charge on any atom is -0.481 e. The van der Waals surface area contributed by atoms with Crippen molar-refractivity contribution in [2.45, 2.75) is 187 Å². The van der Waals surface area contributed by atoms with Gasteiger partial charge in [-0.3, -0.25) is 81.5 Å². The predicted molar refractivity (Wildman–Crippen MR) is 535 cm³/mol. The molecule has 48 nitrogen and oxygen atoms in total. The lowest BCUT2D eigenvalue weighted by Crippen LogP contribution is -2.57. The second kappa shape index (κ2) is 61.3. The SMILES string of the molecule is CCc1c2c(nc3ccccc13)-c1cc3c(c(=O)n1C2)COC(=O)[C@@]3(CC)OC(=O)[C@@H](NC(=O)[C@@H]1CCCN1C(=O)[C@H](CC(=O)O)NC(=O)CCOCCOCCOCCNC(=O)[C@H](CCCCNC(=O)CCCC(=O)N(C)CC(=O)N(C)CC(=O)N(C)CC(=O)N(C)CC(=O)N(C)CC(=O)N(C)CC(=O)N(C)CC(=O)N(C)CC(=O)OCc1ccccc1)NC(=O)CCOCCOCCOCCNC(=O)OC(C)(C)C)C(C)C. The van der Waals surface area contributed by atoms with Gasteiger partial charge in [0.25, 0.3) is 5.56 Å². The minimum atomic E-state index is -2.11. The van der Waals surface area contributed by atoms with Crippen LogP contribution in [0.15, 0.2) is 65.5 Å². The van der Waals surface area contributed by atoms with E-state index >= 15 is 0 Å². The molecule has 0 bridgehead atoms. The lowest BCUT2D eigenvalue weighted by Gasteiger charge is -2.37. The molecule has 149 heavy (non-hydrogen) atoms. The van der Waals surface area contributed by atoms with Crippen molar-refractivity contribution in [2.75, 3.05) is 214 Å². The zero-order chi connectivity index (χ0) is 110. The fourth-order valence-corrected chi connectivity index (χ4v) is 16.0. The Morgan fingerprint density at radius 3 is 1.52 bits per heavy atom. The molecule has 7 rings (SSSR count). The van der Waals surface area contributed by atoms with E-state index in [4.69, 9.17) is 52.4 Å². The molecule has 2 aromatic heterocycles. The molecule has 15 amide bonds. The van der Waals surface area contributed by atoms with Gasteiger partial charge in [-0.1, -0.05) is 76.2 Å². The molecule has 3 aliphatic rings. The number of nitrogens with one attached hydrogen (secondary N) is 6. The molecule has 0 aliphatic carbocycles. The van der Waals surface area contributed by atoms with Crippen LogP contribution in [-0.4, -0.2) is 415 Å². The van der Waals surface area contributed by atoms with Crippen LogP contribution in [0, 0.1) is 5.92 Å². The molecule has 4 aromatic rings. The molecule has 2 aromatic carbocycles. The molecule has 0 radical (unpaired) electrons. The second-order valence-corrected chi connectivity index (χ2v) is 37.8. The number of hydrogen-bond acceptors (Lipinski definition) is 31. The number of pyridine rings is 2. The van der Waals surface area contributed by atoms with Gasteiger partial charge >= 0.3 is 30.0 Å². The van der Waals surface area contributed by atoms with Crippen LogP contribution in [0.4, 0.5) is 4.79 Å². The lowest BCUT2D eigenvalue weighted by molar-refractivity contribution is -0.191. The number of para-hydroxylation sites is 1. The van der Waals surface area contributed by atoms with E-state index < -0.39 is 206 Å². The number of fused-ring (bicyclic) bond motifs is 5. The number of rotatable bonds is 64. The maximum Gasteiger partial charge on any atom is 0.407 e. The summed E-state index contributed by atoms with van der Waals surface area (Å²) >= 11 is 0. The van der Waals surface area contributed by atoms with Crippen LogP contribution in [0.25, 0.3) is 22.3 Å². The van der Waals surface area contributed by atoms with Crippen LogP contribution in [-0.2, 0) is 165 Å². The van der Waals surface area contributed by atoms with Crippen molar-refractivity contribution >= 4 is 124 Å². The summed E-state index contributed by atoms with van der Waals surface area (Å²) in [5, 5.41) is 26.9. The average Bonchev–Trinajstić information content (AvgIpc) is 1.60. The number of carbonyl (C=O) groups is 19. The molecule has 0 spiro atoms. The summed E-state index contributed by atoms with van der Waals surface area (Å²) in [7, 11) is 10.7. The molecule has 822 valence electrons. The number of amides is 15. The number of carbonyl (C=O) groups excluding carboxylic acids is 18. The third kappa shape index (κ3) is 39.4. The first-order chi connectivity index (χ1) is 70.8. The summed E-state index contributed by atoms with van der Waals surface area (Å²) in [6.07, 6.45) is -0.00421. The van der Waals surface area contributed by atoms with E-state index in [-0.39, 0.29) is 200 Å². The maximum atomic E-state index is 14.5. The van der Waals surface area contributed by atoms with Crippen molar-refractivity contribution in [3.8, 4) is 11.4 Å². The molecule has 3 aliphatic heterocycles. The topological polar surface area (TPSA) is 573 Å². The summed E-state index contributed by atoms with van der Waals surface area (Å²) in [5.74, 6) is -13.2. The normalized spacial score (nSPS) is 14.4. The molecular weight excluding hydrogens is 1950 g/mol. The first-order valence-corrected chi connectivity index (χ1v) is 49.9. The van der Waals surface area contributed by atoms with E-state index in [0.29, 0.717) is 37.1 Å². The molecular formula is C101H147N17O31. The van der Waals surface area contributed by atoms with Gasteiger partial charge in [0, 0.05) is 125 Å². The van der Waals surface area contributed by atoms with Gasteiger partial charge in [-0.05, 0) is 101 Å². The number of ether oxygens (including phenoxy) is 10. The zero-order valence-corrected chi connectivity index (χ0v) is 88.1. The highest BCUT2D eigenvalue weighted by atomic mass is 16.6. The number of cyclic esters (lactones) is 1. The highest BCUT2D eigenvalue weighted by Crippen LogP contribution is 2.43. The van der Waals surface area contributed by atoms with Gasteiger partial charge in [-0.2, -0.15) is 0 Å². The number of aliphatic carboxylic acids is 1. The highest BCUT2D eigenvalue weighted by Gasteiger charge is 2.52. The Balaban J connectivity index is 0.770. The van der Waals surface area contributed by atoms with Crippen LogP contribution in [0.3, 0.4) is 0 Å². The fraction of sp³-hybridized carbons (Fsp3) is 0.614. The Morgan fingerprint density at radius 2 is 1.01 bits per heavy atom. The minimum absolute atomic E-state index is 0.00130. The molecule has 7 N–H and O–H groups in total. The van der Waals surface area contributed by atoms with E-state index in [1.165, 1.54) is 56.4 Å². The van der Waals surface area contributed by atoms with Crippen LogP contribution in [0.5, 0.6) is 0 Å². The third-order valence-corrected chi connectivity index (χ3v) is 24.6. The van der Waals surface area contributed by atoms with Crippen molar-refractivity contribution < 1.29 is 144 Å². The van der Waals surface area contributed by atoms with Crippen molar-refractivity contribution in [3.63, 3.8) is 0 Å². The number of carboxylic acid groups (broad SMARTS) is 1. The van der Waals surface area contributed by atoms with Crippen LogP contribution in [0.2, 0.25) is 0 Å². The molecule has 5 heterocycles. The van der Waals surface area contributed by atoms with E-state index in [0.717, 1.165) is 71.7 Å². The number of alkyl carbamates (subject to hydrolysis) is 1. The maximum absolute atomic E-state index is 14.5. The number of aromatic nitrogens is 2. The first-order valence-electron chi connectivity index (χ1n) is 49.9. The Morgan fingerprint density at radius 1 is 0.530 bits per heavy atom. The predicted octanol–water partition coefficient (Wildman–Crippen LogP) is 0.157. The number of likely N-dealkylation sites (N-methyl/N-ethyl adjacent to an activating group) is 8. The van der Waals surface area contributed by atoms with Crippen molar-refractivity contribution in [1.29, 1.82) is 0 Å². The molecule has 5 atom stereocenters. The van der Waals surface area contributed by atoms with E-state index in [1.54, 1.807) is 76.4 Å². The standard InChI is InChI=1S/C101H147N17O31/c1-16-68-69-29-21-22-30-73(69)107-92-70(68)55-118-77(92)53-72-71(95(118)135)65-147-98(138)101(72,17-2)148-97(137)91(66(3)4)108-94(134)76-32-26-40-117(76)96(136)75(54-89(130)131)106-80(121)36-42-141-46-50-144-51-47-142-43-38-103-93(133)74(105-79(120)35-41-140-45-49-145-52-48-143-44-39-104-99(139)149-100(5,6)7)31-23-24-37-102-78(119)33-25-34-81(122)109(8)56-82(123)110(9)57-83(124)111(10)58-84(125)112(11)59-85(126)113(12)60-86(127)114(13)61-87(128)115(14)62-88(129)116(15)63-90(132)146-64-67-27-19-18-20-28-67/h18-22,27-30,53,66,74-76,91H,16-17,23-26,31-52,54-65H2,1-15H3,(H,102,119)(H,103,133)(H,104,139)(H,105,120)(H,106,121)(H,108,134)(H,130,131)/t74-,75-,76-,91-,101-/m0/s1. The number of unbranched alkanes of at least 4 members (excludes halogenated alkanes) is 1. The summed E-state index contributed by atoms with van der Waals surface area (Å²) < 4.78 is 57.2. The van der Waals surface area contributed by atoms with Crippen LogP contribution < -0.4 is 37.5 Å². The third-order valence-electron chi connectivity index (χ3n) is 24.6. The van der Waals surface area contributed by atoms with Gasteiger partial charge in [0.2, 0.25) is 88.3 Å². The molecule has 0 saturated carbocycles. The van der Waals surface area contributed by atoms with E-state index in [1.807, 2.05) is 37.3 Å². The van der Waals surface area contributed by atoms with Gasteiger partial charge in [0.1, 0.15) is 49.5 Å². The lowest BCUT2D eigenvalue weighted by atomic mass is 9.85. The largest absolute Gasteiger partial charge is 0.481 e. The fourth-order valence-electron chi connectivity index (χ4n) is 16.0. The quantitative estimate of drug-likeness (QED) is 0.0155. The molecule has 1 fully saturated rings.